The van der Waals surface area contributed by atoms with Crippen LogP contribution in [-0.2, 0) is 6.54 Å². The molecule has 2 rings (SSSR count). The Kier molecular flexibility index (Phi) is 4.38. The number of nitrogens with one attached hydrogen (secondary N) is 1. The van der Waals surface area contributed by atoms with Crippen LogP contribution in [-0.4, -0.2) is 30.6 Å². The fourth-order valence-corrected chi connectivity index (χ4v) is 3.25. The van der Waals surface area contributed by atoms with Crippen LogP contribution in [0.1, 0.15) is 30.2 Å². The summed E-state index contributed by atoms with van der Waals surface area (Å²) in [4.78, 5) is 4.08. The number of nitrogens with zero attached hydrogens (tertiary/aromatic N) is 1. The molecule has 3 heteroatoms. The zero-order valence-electron chi connectivity index (χ0n) is 10.3. The van der Waals surface area contributed by atoms with Crippen LogP contribution in [0, 0.1) is 6.92 Å². The molecule has 1 aliphatic rings. The predicted molar refractivity (Wildman–Crippen MR) is 71.0 cm³/mol. The van der Waals surface area contributed by atoms with E-state index in [2.05, 4.69) is 35.5 Å². The molecule has 1 N–H and O–H groups in total. The summed E-state index contributed by atoms with van der Waals surface area (Å²) in [6.45, 7) is 9.16. The van der Waals surface area contributed by atoms with E-state index in [9.17, 15) is 0 Å². The third-order valence-electron chi connectivity index (χ3n) is 3.42. The summed E-state index contributed by atoms with van der Waals surface area (Å²) in [7, 11) is 0. The molecule has 0 saturated carbocycles. The molecule has 0 aliphatic carbocycles. The Bertz CT molecular complexity index is 315. The number of rotatable bonds is 5. The molecular weight excluding hydrogens is 216 g/mol. The molecule has 1 aromatic rings. The molecule has 0 radical (unpaired) electrons. The Balaban J connectivity index is 1.87. The molecule has 16 heavy (non-hydrogen) atoms. The van der Waals surface area contributed by atoms with Crippen LogP contribution in [0.5, 0.6) is 0 Å². The van der Waals surface area contributed by atoms with Gasteiger partial charge in [-0.05, 0) is 49.9 Å². The molecule has 90 valence electrons. The van der Waals surface area contributed by atoms with Crippen LogP contribution in [0.15, 0.2) is 11.4 Å². The maximum Gasteiger partial charge on any atom is 0.0331 e. The number of hydrogen-bond acceptors (Lipinski definition) is 3. The normalized spacial score (nSPS) is 20.8. The second-order valence-electron chi connectivity index (χ2n) is 4.65. The smallest absolute Gasteiger partial charge is 0.0331 e. The van der Waals surface area contributed by atoms with Crippen molar-refractivity contribution in [1.82, 2.24) is 10.2 Å². The van der Waals surface area contributed by atoms with E-state index in [0.717, 1.165) is 19.1 Å². The van der Waals surface area contributed by atoms with Crippen molar-refractivity contribution < 1.29 is 0 Å². The van der Waals surface area contributed by atoms with Crippen LogP contribution < -0.4 is 5.32 Å². The lowest BCUT2D eigenvalue weighted by Gasteiger charge is -2.23. The molecular formula is C13H22N2S. The topological polar surface area (TPSA) is 15.3 Å². The fraction of sp³-hybridized carbons (Fsp3) is 0.692. The molecule has 1 aromatic heterocycles. The number of likely N-dealkylation sites (N-methyl/N-ethyl adjacent to an activating group) is 1. The molecule has 0 bridgehead atoms. The monoisotopic (exact) mass is 238 g/mol. The highest BCUT2D eigenvalue weighted by molar-refractivity contribution is 7.10. The van der Waals surface area contributed by atoms with E-state index in [4.69, 9.17) is 0 Å². The Morgan fingerprint density at radius 1 is 1.56 bits per heavy atom. The summed E-state index contributed by atoms with van der Waals surface area (Å²) < 4.78 is 0. The van der Waals surface area contributed by atoms with Gasteiger partial charge in [0.2, 0.25) is 0 Å². The molecule has 1 unspecified atom stereocenters. The van der Waals surface area contributed by atoms with Gasteiger partial charge in [-0.3, -0.25) is 4.90 Å². The first-order valence-electron chi connectivity index (χ1n) is 6.28. The minimum Gasteiger partial charge on any atom is -0.313 e. The highest BCUT2D eigenvalue weighted by Gasteiger charge is 2.17. The molecule has 0 aromatic carbocycles. The third kappa shape index (κ3) is 3.06. The van der Waals surface area contributed by atoms with Gasteiger partial charge in [0.1, 0.15) is 0 Å². The average molecular weight is 238 g/mol. The second-order valence-corrected chi connectivity index (χ2v) is 5.65. The van der Waals surface area contributed by atoms with Crippen molar-refractivity contribution in [2.45, 2.75) is 39.3 Å². The molecule has 1 atom stereocenters. The fourth-order valence-electron chi connectivity index (χ4n) is 2.30. The molecule has 0 spiro atoms. The molecule has 0 amide bonds. The first kappa shape index (κ1) is 12.1. The summed E-state index contributed by atoms with van der Waals surface area (Å²) >= 11 is 1.89. The van der Waals surface area contributed by atoms with Gasteiger partial charge >= 0.3 is 0 Å². The van der Waals surface area contributed by atoms with Gasteiger partial charge in [-0.15, -0.1) is 11.3 Å². The van der Waals surface area contributed by atoms with Gasteiger partial charge in [-0.2, -0.15) is 0 Å². The lowest BCUT2D eigenvalue weighted by molar-refractivity contribution is 0.255. The minimum absolute atomic E-state index is 0.722. The number of thiophene rings is 1. The zero-order valence-corrected chi connectivity index (χ0v) is 11.1. The molecule has 2 heterocycles. The van der Waals surface area contributed by atoms with E-state index in [0.29, 0.717) is 0 Å². The van der Waals surface area contributed by atoms with Crippen molar-refractivity contribution in [3.63, 3.8) is 0 Å². The van der Waals surface area contributed by atoms with Crippen LogP contribution in [0.2, 0.25) is 0 Å². The highest BCUT2D eigenvalue weighted by Crippen LogP contribution is 2.18. The van der Waals surface area contributed by atoms with E-state index in [1.54, 1.807) is 0 Å². The lowest BCUT2D eigenvalue weighted by atomic mass is 10.2. The van der Waals surface area contributed by atoms with Gasteiger partial charge in [-0.25, -0.2) is 0 Å². The molecule has 1 aliphatic heterocycles. The standard InChI is InChI=1S/C13H22N2S/c1-3-15(9-12-5-4-7-14-12)10-13-11(2)6-8-16-13/h6,8,12,14H,3-5,7,9-10H2,1-2H3. The van der Waals surface area contributed by atoms with Gasteiger partial charge in [0.05, 0.1) is 0 Å². The second kappa shape index (κ2) is 5.80. The first-order chi connectivity index (χ1) is 7.79. The predicted octanol–water partition coefficient (Wildman–Crippen LogP) is 2.63. The van der Waals surface area contributed by atoms with E-state index < -0.39 is 0 Å². The number of aryl methyl sites for hydroxylation is 1. The highest BCUT2D eigenvalue weighted by atomic mass is 32.1. The van der Waals surface area contributed by atoms with E-state index >= 15 is 0 Å². The minimum atomic E-state index is 0.722. The van der Waals surface area contributed by atoms with Crippen molar-refractivity contribution in [3.8, 4) is 0 Å². The Morgan fingerprint density at radius 2 is 2.44 bits per heavy atom. The van der Waals surface area contributed by atoms with Gasteiger partial charge in [-0.1, -0.05) is 6.92 Å². The SMILES string of the molecule is CCN(Cc1sccc1C)CC1CCCN1. The van der Waals surface area contributed by atoms with Crippen molar-refractivity contribution in [2.75, 3.05) is 19.6 Å². The molecule has 1 fully saturated rings. The van der Waals surface area contributed by atoms with Gasteiger partial charge < -0.3 is 5.32 Å². The van der Waals surface area contributed by atoms with Crippen LogP contribution in [0.25, 0.3) is 0 Å². The van der Waals surface area contributed by atoms with Gasteiger partial charge in [0.25, 0.3) is 0 Å². The van der Waals surface area contributed by atoms with Crippen molar-refractivity contribution >= 4 is 11.3 Å². The number of hydrogen-bond donors (Lipinski definition) is 1. The summed E-state index contributed by atoms with van der Waals surface area (Å²) in [5.74, 6) is 0. The maximum atomic E-state index is 3.58. The van der Waals surface area contributed by atoms with E-state index in [1.165, 1.54) is 36.4 Å². The first-order valence-corrected chi connectivity index (χ1v) is 7.16. The third-order valence-corrected chi connectivity index (χ3v) is 4.43. The zero-order chi connectivity index (χ0) is 11.4. The average Bonchev–Trinajstić information content (AvgIpc) is 2.90. The van der Waals surface area contributed by atoms with E-state index in [-0.39, 0.29) is 0 Å². The largest absolute Gasteiger partial charge is 0.313 e. The Morgan fingerprint density at radius 3 is 3.00 bits per heavy atom. The quantitative estimate of drug-likeness (QED) is 0.848. The van der Waals surface area contributed by atoms with Crippen molar-refractivity contribution in [3.05, 3.63) is 21.9 Å². The van der Waals surface area contributed by atoms with Crippen LogP contribution in [0.4, 0.5) is 0 Å². The molecule has 2 nitrogen and oxygen atoms in total. The van der Waals surface area contributed by atoms with Crippen molar-refractivity contribution in [1.29, 1.82) is 0 Å². The van der Waals surface area contributed by atoms with Crippen LogP contribution >= 0.6 is 11.3 Å². The van der Waals surface area contributed by atoms with Crippen LogP contribution in [0.3, 0.4) is 0 Å². The molecule has 1 saturated heterocycles. The summed E-state index contributed by atoms with van der Waals surface area (Å²) in [6, 6.07) is 2.95. The maximum absolute atomic E-state index is 3.58. The lowest BCUT2D eigenvalue weighted by Crippen LogP contribution is -2.37. The van der Waals surface area contributed by atoms with Crippen molar-refractivity contribution in [2.24, 2.45) is 0 Å². The van der Waals surface area contributed by atoms with Gasteiger partial charge in [0, 0.05) is 24.0 Å². The summed E-state index contributed by atoms with van der Waals surface area (Å²) in [6.07, 6.45) is 2.69. The Labute approximate surface area is 103 Å². The van der Waals surface area contributed by atoms with Gasteiger partial charge in [0.15, 0.2) is 0 Å². The summed E-state index contributed by atoms with van der Waals surface area (Å²) in [5, 5.41) is 5.78. The Hall–Kier alpha value is -0.380. The van der Waals surface area contributed by atoms with E-state index in [1.807, 2.05) is 11.3 Å². The summed E-state index contributed by atoms with van der Waals surface area (Å²) in [5.41, 5.74) is 1.45.